The van der Waals surface area contributed by atoms with Gasteiger partial charge in [0.1, 0.15) is 0 Å². The van der Waals surface area contributed by atoms with Crippen molar-refractivity contribution in [1.29, 1.82) is 0 Å². The van der Waals surface area contributed by atoms with Crippen LogP contribution in [0.15, 0.2) is 53.4 Å². The molecule has 0 unspecified atom stereocenters. The molecule has 2 aromatic carbocycles. The van der Waals surface area contributed by atoms with Gasteiger partial charge < -0.3 is 4.90 Å². The molecule has 0 aliphatic carbocycles. The largest absolute Gasteiger partial charge is 0.307 e. The first-order valence-electron chi connectivity index (χ1n) is 6.79. The van der Waals surface area contributed by atoms with Crippen LogP contribution in [0, 0.1) is 0 Å². The summed E-state index contributed by atoms with van der Waals surface area (Å²) in [6.45, 7) is 0.442. The number of anilines is 1. The molecule has 0 atom stereocenters. The van der Waals surface area contributed by atoms with E-state index in [1.54, 1.807) is 22.7 Å². The molecule has 1 aliphatic heterocycles. The number of hydrogen-bond acceptors (Lipinski definition) is 3. The Morgan fingerprint density at radius 1 is 1.10 bits per heavy atom. The van der Waals surface area contributed by atoms with Gasteiger partial charge in [0.15, 0.2) is 5.78 Å². The molecule has 0 fully saturated rings. The molecule has 1 amide bonds. The normalized spacial score (nSPS) is 14.0. The highest BCUT2D eigenvalue weighted by Gasteiger charge is 2.28. The Bertz CT molecular complexity index is 711. The van der Waals surface area contributed by atoms with Crippen LogP contribution >= 0.6 is 11.8 Å². The summed E-state index contributed by atoms with van der Waals surface area (Å²) in [7, 11) is 0. The molecule has 21 heavy (non-hydrogen) atoms. The Morgan fingerprint density at radius 3 is 2.62 bits per heavy atom. The van der Waals surface area contributed by atoms with Gasteiger partial charge in [-0.15, -0.1) is 11.8 Å². The van der Waals surface area contributed by atoms with Crippen LogP contribution < -0.4 is 4.90 Å². The average molecular weight is 297 g/mol. The van der Waals surface area contributed by atoms with Crippen molar-refractivity contribution < 1.29 is 9.59 Å². The molecule has 106 valence electrons. The molecule has 0 saturated carbocycles. The average Bonchev–Trinajstić information content (AvgIpc) is 2.55. The minimum atomic E-state index is -0.0418. The fourth-order valence-electron chi connectivity index (χ4n) is 2.59. The van der Waals surface area contributed by atoms with E-state index in [2.05, 4.69) is 0 Å². The van der Waals surface area contributed by atoms with E-state index in [-0.39, 0.29) is 11.7 Å². The molecule has 3 rings (SSSR count). The number of rotatable bonds is 2. The van der Waals surface area contributed by atoms with E-state index in [4.69, 9.17) is 0 Å². The molecule has 0 aromatic heterocycles. The highest BCUT2D eigenvalue weighted by molar-refractivity contribution is 7.98. The zero-order valence-electron chi connectivity index (χ0n) is 11.7. The lowest BCUT2D eigenvalue weighted by Crippen LogP contribution is -2.37. The minimum absolute atomic E-state index is 0.0418. The van der Waals surface area contributed by atoms with Gasteiger partial charge in [0, 0.05) is 23.4 Å². The number of amides is 1. The summed E-state index contributed by atoms with van der Waals surface area (Å²) in [5, 5.41) is 0. The molecule has 1 heterocycles. The predicted octanol–water partition coefficient (Wildman–Crippen LogP) is 3.64. The first-order chi connectivity index (χ1) is 10.2. The lowest BCUT2D eigenvalue weighted by molar-refractivity contribution is 0.0953. The summed E-state index contributed by atoms with van der Waals surface area (Å²) in [5.74, 6) is 0.0627. The second kappa shape index (κ2) is 5.74. The van der Waals surface area contributed by atoms with E-state index in [9.17, 15) is 9.59 Å². The number of Topliss-reactive ketones (excluding diaryl/α,β-unsaturated/α-hetero) is 1. The van der Waals surface area contributed by atoms with Crippen molar-refractivity contribution in [3.05, 3.63) is 59.7 Å². The summed E-state index contributed by atoms with van der Waals surface area (Å²) in [5.41, 5.74) is 2.04. The Kier molecular flexibility index (Phi) is 3.80. The maximum atomic E-state index is 12.9. The van der Waals surface area contributed by atoms with Gasteiger partial charge in [0.05, 0.1) is 11.3 Å². The number of benzene rings is 2. The second-order valence-electron chi connectivity index (χ2n) is 4.85. The van der Waals surface area contributed by atoms with Crippen molar-refractivity contribution in [3.63, 3.8) is 0 Å². The molecular formula is C17H15NO2S. The zero-order valence-corrected chi connectivity index (χ0v) is 12.5. The third-order valence-electron chi connectivity index (χ3n) is 3.64. The van der Waals surface area contributed by atoms with Crippen LogP contribution in [-0.4, -0.2) is 24.5 Å². The maximum Gasteiger partial charge on any atom is 0.259 e. The molecule has 2 aromatic rings. The van der Waals surface area contributed by atoms with Gasteiger partial charge in [-0.2, -0.15) is 0 Å². The quantitative estimate of drug-likeness (QED) is 0.794. The first kappa shape index (κ1) is 13.9. The molecule has 1 aliphatic rings. The number of thioether (sulfide) groups is 1. The van der Waals surface area contributed by atoms with Crippen molar-refractivity contribution in [3.8, 4) is 0 Å². The number of ketones is 1. The molecule has 0 radical (unpaired) electrons. The van der Waals surface area contributed by atoms with Gasteiger partial charge in [-0.3, -0.25) is 9.59 Å². The number of carbonyl (C=O) groups is 2. The molecule has 0 spiro atoms. The van der Waals surface area contributed by atoms with Gasteiger partial charge in [0.25, 0.3) is 5.91 Å². The van der Waals surface area contributed by atoms with Crippen LogP contribution in [0.2, 0.25) is 0 Å². The molecule has 0 saturated heterocycles. The smallest absolute Gasteiger partial charge is 0.259 e. The summed E-state index contributed by atoms with van der Waals surface area (Å²) in [6.07, 6.45) is 2.34. The Balaban J connectivity index is 2.03. The van der Waals surface area contributed by atoms with E-state index >= 15 is 0 Å². The van der Waals surface area contributed by atoms with E-state index in [0.29, 0.717) is 24.1 Å². The number of fused-ring (bicyclic) bond motifs is 1. The van der Waals surface area contributed by atoms with Crippen LogP contribution in [0.1, 0.15) is 27.1 Å². The highest BCUT2D eigenvalue weighted by atomic mass is 32.2. The lowest BCUT2D eigenvalue weighted by atomic mass is 9.99. The summed E-state index contributed by atoms with van der Waals surface area (Å²) in [6, 6.07) is 14.9. The van der Waals surface area contributed by atoms with Gasteiger partial charge in [-0.25, -0.2) is 0 Å². The van der Waals surface area contributed by atoms with Crippen LogP contribution in [0.4, 0.5) is 5.69 Å². The fourth-order valence-corrected chi connectivity index (χ4v) is 3.18. The van der Waals surface area contributed by atoms with E-state index in [1.807, 2.05) is 48.7 Å². The van der Waals surface area contributed by atoms with Gasteiger partial charge in [-0.1, -0.05) is 24.3 Å². The molecule has 4 heteroatoms. The van der Waals surface area contributed by atoms with E-state index < -0.39 is 0 Å². The number of carbonyl (C=O) groups excluding carboxylic acids is 2. The minimum Gasteiger partial charge on any atom is -0.307 e. The van der Waals surface area contributed by atoms with Crippen molar-refractivity contribution in [2.75, 3.05) is 17.7 Å². The fraction of sp³-hybridized carbons (Fsp3) is 0.176. The zero-order chi connectivity index (χ0) is 14.8. The maximum absolute atomic E-state index is 12.9. The van der Waals surface area contributed by atoms with E-state index in [1.165, 1.54) is 0 Å². The van der Waals surface area contributed by atoms with Gasteiger partial charge in [0.2, 0.25) is 0 Å². The Morgan fingerprint density at radius 2 is 1.81 bits per heavy atom. The first-order valence-corrected chi connectivity index (χ1v) is 8.02. The van der Waals surface area contributed by atoms with Crippen LogP contribution in [0.5, 0.6) is 0 Å². The Hall–Kier alpha value is -2.07. The van der Waals surface area contributed by atoms with Crippen LogP contribution in [0.25, 0.3) is 0 Å². The van der Waals surface area contributed by atoms with Crippen molar-refractivity contribution in [2.24, 2.45) is 0 Å². The van der Waals surface area contributed by atoms with Crippen molar-refractivity contribution in [2.45, 2.75) is 11.3 Å². The van der Waals surface area contributed by atoms with Crippen molar-refractivity contribution >= 4 is 29.1 Å². The lowest BCUT2D eigenvalue weighted by Gasteiger charge is -2.29. The molecule has 3 nitrogen and oxygen atoms in total. The topological polar surface area (TPSA) is 37.4 Å². The summed E-state index contributed by atoms with van der Waals surface area (Å²) < 4.78 is 0. The van der Waals surface area contributed by atoms with Gasteiger partial charge >= 0.3 is 0 Å². The molecular weight excluding hydrogens is 282 g/mol. The highest BCUT2D eigenvalue weighted by Crippen LogP contribution is 2.30. The molecule has 0 bridgehead atoms. The van der Waals surface area contributed by atoms with Gasteiger partial charge in [-0.05, 0) is 30.5 Å². The van der Waals surface area contributed by atoms with E-state index in [0.717, 1.165) is 10.6 Å². The second-order valence-corrected chi connectivity index (χ2v) is 5.70. The summed E-state index contributed by atoms with van der Waals surface area (Å²) in [4.78, 5) is 27.5. The predicted molar refractivity (Wildman–Crippen MR) is 85.3 cm³/mol. The van der Waals surface area contributed by atoms with Crippen molar-refractivity contribution in [1.82, 2.24) is 0 Å². The standard InChI is InChI=1S/C17H15NO2S/c1-21-16-9-5-3-7-13(16)17(20)18-11-10-15(19)12-6-2-4-8-14(12)18/h2-9H,10-11H2,1H3. The third kappa shape index (κ3) is 2.47. The molecule has 0 N–H and O–H groups in total. The number of para-hydroxylation sites is 1. The number of nitrogens with zero attached hydrogens (tertiary/aromatic N) is 1. The third-order valence-corrected chi connectivity index (χ3v) is 4.44. The summed E-state index contributed by atoms with van der Waals surface area (Å²) >= 11 is 1.56. The van der Waals surface area contributed by atoms with Crippen LogP contribution in [-0.2, 0) is 0 Å². The Labute approximate surface area is 128 Å². The van der Waals surface area contributed by atoms with Crippen LogP contribution in [0.3, 0.4) is 0 Å². The monoisotopic (exact) mass is 297 g/mol. The SMILES string of the molecule is CSc1ccccc1C(=O)N1CCC(=O)c2ccccc21. The number of hydrogen-bond donors (Lipinski definition) is 0.